The number of nitrogens with two attached hydrogens (primary N) is 1. The van der Waals surface area contributed by atoms with Crippen LogP contribution in [0.1, 0.15) is 18.4 Å². The van der Waals surface area contributed by atoms with E-state index in [1.165, 1.54) is 7.11 Å². The van der Waals surface area contributed by atoms with E-state index in [0.29, 0.717) is 11.5 Å². The van der Waals surface area contributed by atoms with Crippen LogP contribution >= 0.6 is 0 Å². The number of nitrogens with zero attached hydrogens (tertiary/aromatic N) is 1. The Morgan fingerprint density at radius 3 is 3.00 bits per heavy atom. The molecule has 16 heavy (non-hydrogen) atoms. The lowest BCUT2D eigenvalue weighted by Crippen LogP contribution is -2.16. The predicted octanol–water partition coefficient (Wildman–Crippen LogP) is 1.39. The number of methoxy groups -OCH3 is 1. The van der Waals surface area contributed by atoms with Gasteiger partial charge in [-0.25, -0.2) is 4.98 Å². The molecule has 0 aliphatic heterocycles. The molecule has 5 heteroatoms. The van der Waals surface area contributed by atoms with Gasteiger partial charge in [-0.05, 0) is 12.1 Å². The highest BCUT2D eigenvalue weighted by molar-refractivity contribution is 5.73. The first-order valence-corrected chi connectivity index (χ1v) is 4.88. The molecule has 1 aromatic heterocycles. The summed E-state index contributed by atoms with van der Waals surface area (Å²) < 4.78 is 9.96. The molecule has 1 atom stereocenters. The van der Waals surface area contributed by atoms with E-state index >= 15 is 0 Å². The van der Waals surface area contributed by atoms with Crippen molar-refractivity contribution in [2.24, 2.45) is 5.73 Å². The van der Waals surface area contributed by atoms with Crippen molar-refractivity contribution in [3.8, 4) is 0 Å². The maximum absolute atomic E-state index is 11.0. The average molecular weight is 220 g/mol. The first kappa shape index (κ1) is 10.6. The van der Waals surface area contributed by atoms with Gasteiger partial charge in [-0.3, -0.25) is 4.79 Å². The molecule has 1 aromatic carbocycles. The number of benzene rings is 1. The lowest BCUT2D eigenvalue weighted by molar-refractivity contribution is -0.141. The van der Waals surface area contributed by atoms with Crippen LogP contribution in [0.2, 0.25) is 0 Å². The molecule has 5 nitrogen and oxygen atoms in total. The van der Waals surface area contributed by atoms with Gasteiger partial charge < -0.3 is 14.9 Å². The number of hydrogen-bond acceptors (Lipinski definition) is 5. The maximum Gasteiger partial charge on any atom is 0.307 e. The van der Waals surface area contributed by atoms with Crippen molar-refractivity contribution in [3.63, 3.8) is 0 Å². The maximum atomic E-state index is 11.0. The highest BCUT2D eigenvalue weighted by Crippen LogP contribution is 2.20. The number of carbonyl (C=O) groups is 1. The Hall–Kier alpha value is -1.88. The van der Waals surface area contributed by atoms with Gasteiger partial charge >= 0.3 is 5.97 Å². The third-order valence-electron chi connectivity index (χ3n) is 2.24. The number of rotatable bonds is 3. The number of esters is 1. The molecule has 0 spiro atoms. The van der Waals surface area contributed by atoms with Crippen LogP contribution in [-0.4, -0.2) is 18.1 Å². The Labute approximate surface area is 92.2 Å². The van der Waals surface area contributed by atoms with Gasteiger partial charge in [0.1, 0.15) is 5.52 Å². The van der Waals surface area contributed by atoms with E-state index in [4.69, 9.17) is 10.2 Å². The molecular formula is C11H12N2O3. The fourth-order valence-corrected chi connectivity index (χ4v) is 1.40. The van der Waals surface area contributed by atoms with Crippen LogP contribution < -0.4 is 5.73 Å². The zero-order chi connectivity index (χ0) is 11.5. The summed E-state index contributed by atoms with van der Waals surface area (Å²) in [5, 5.41) is 0. The van der Waals surface area contributed by atoms with E-state index in [1.54, 1.807) is 6.07 Å². The molecule has 0 saturated carbocycles. The van der Waals surface area contributed by atoms with E-state index in [9.17, 15) is 4.79 Å². The first-order valence-electron chi connectivity index (χ1n) is 4.88. The van der Waals surface area contributed by atoms with Crippen LogP contribution in [-0.2, 0) is 9.53 Å². The predicted molar refractivity (Wildman–Crippen MR) is 57.6 cm³/mol. The monoisotopic (exact) mass is 220 g/mol. The molecule has 1 heterocycles. The molecule has 2 N–H and O–H groups in total. The summed E-state index contributed by atoms with van der Waals surface area (Å²) in [6.07, 6.45) is 0.0589. The Balaban J connectivity index is 2.23. The molecule has 0 aliphatic carbocycles. The molecule has 0 amide bonds. The molecule has 0 bridgehead atoms. The zero-order valence-corrected chi connectivity index (χ0v) is 8.84. The van der Waals surface area contributed by atoms with Crippen molar-refractivity contribution < 1.29 is 13.9 Å². The summed E-state index contributed by atoms with van der Waals surface area (Å²) in [6, 6.07) is 6.77. The largest absolute Gasteiger partial charge is 0.469 e. The van der Waals surface area contributed by atoms with Crippen molar-refractivity contribution in [2.75, 3.05) is 7.11 Å². The number of fused-ring (bicyclic) bond motifs is 1. The SMILES string of the molecule is COC(=O)C[C@H](N)c1nc2ccccc2o1. The number of para-hydroxylation sites is 2. The van der Waals surface area contributed by atoms with Crippen LogP contribution in [0.4, 0.5) is 0 Å². The minimum atomic E-state index is -0.570. The fraction of sp³-hybridized carbons (Fsp3) is 0.273. The Kier molecular flexibility index (Phi) is 2.87. The van der Waals surface area contributed by atoms with E-state index in [1.807, 2.05) is 18.2 Å². The molecule has 0 fully saturated rings. The van der Waals surface area contributed by atoms with Crippen molar-refractivity contribution >= 4 is 17.1 Å². The lowest BCUT2D eigenvalue weighted by atomic mass is 10.2. The van der Waals surface area contributed by atoms with Crippen molar-refractivity contribution in [1.82, 2.24) is 4.98 Å². The van der Waals surface area contributed by atoms with Crippen molar-refractivity contribution in [1.29, 1.82) is 0 Å². The summed E-state index contributed by atoms with van der Waals surface area (Å²) in [6.45, 7) is 0. The van der Waals surface area contributed by atoms with Gasteiger partial charge in [0.2, 0.25) is 5.89 Å². The minimum absolute atomic E-state index is 0.0589. The Morgan fingerprint density at radius 2 is 2.31 bits per heavy atom. The summed E-state index contributed by atoms with van der Waals surface area (Å²) in [5.74, 6) is -0.0265. The highest BCUT2D eigenvalue weighted by atomic mass is 16.5. The highest BCUT2D eigenvalue weighted by Gasteiger charge is 2.17. The van der Waals surface area contributed by atoms with Crippen molar-refractivity contribution in [2.45, 2.75) is 12.5 Å². The summed E-state index contributed by atoms with van der Waals surface area (Å²) in [7, 11) is 1.32. The molecular weight excluding hydrogens is 208 g/mol. The van der Waals surface area contributed by atoms with Crippen LogP contribution in [0.5, 0.6) is 0 Å². The number of carbonyl (C=O) groups excluding carboxylic acids is 1. The molecule has 0 aliphatic rings. The number of oxazole rings is 1. The zero-order valence-electron chi connectivity index (χ0n) is 8.84. The first-order chi connectivity index (χ1) is 7.70. The standard InChI is InChI=1S/C11H12N2O3/c1-15-10(14)6-7(12)11-13-8-4-2-3-5-9(8)16-11/h2-5,7H,6,12H2,1H3/t7-/m0/s1. The van der Waals surface area contributed by atoms with Gasteiger partial charge in [0.05, 0.1) is 19.6 Å². The molecule has 0 unspecified atom stereocenters. The summed E-state index contributed by atoms with van der Waals surface area (Å²) in [5.41, 5.74) is 7.18. The quantitative estimate of drug-likeness (QED) is 0.791. The van der Waals surface area contributed by atoms with Gasteiger partial charge in [-0.15, -0.1) is 0 Å². The van der Waals surface area contributed by atoms with Crippen LogP contribution in [0.25, 0.3) is 11.1 Å². The third-order valence-corrected chi connectivity index (χ3v) is 2.24. The Bertz CT molecular complexity index is 474. The Morgan fingerprint density at radius 1 is 1.56 bits per heavy atom. The summed E-state index contributed by atoms with van der Waals surface area (Å²) >= 11 is 0. The number of ether oxygens (including phenoxy) is 1. The molecule has 0 saturated heterocycles. The minimum Gasteiger partial charge on any atom is -0.469 e. The van der Waals surface area contributed by atoms with Crippen LogP contribution in [0.15, 0.2) is 28.7 Å². The molecule has 2 aromatic rings. The van der Waals surface area contributed by atoms with Crippen LogP contribution in [0.3, 0.4) is 0 Å². The second-order valence-corrected chi connectivity index (χ2v) is 3.41. The number of aromatic nitrogens is 1. The smallest absolute Gasteiger partial charge is 0.307 e. The van der Waals surface area contributed by atoms with Gasteiger partial charge in [-0.2, -0.15) is 0 Å². The average Bonchev–Trinajstić information content (AvgIpc) is 2.72. The normalized spacial score (nSPS) is 12.6. The second kappa shape index (κ2) is 4.32. The van der Waals surface area contributed by atoms with E-state index in [0.717, 1.165) is 5.52 Å². The number of hydrogen-bond donors (Lipinski definition) is 1. The topological polar surface area (TPSA) is 78.4 Å². The molecule has 84 valence electrons. The van der Waals surface area contributed by atoms with Gasteiger partial charge in [0, 0.05) is 0 Å². The third kappa shape index (κ3) is 2.04. The summed E-state index contributed by atoms with van der Waals surface area (Å²) in [4.78, 5) is 15.2. The van der Waals surface area contributed by atoms with E-state index < -0.39 is 6.04 Å². The molecule has 0 radical (unpaired) electrons. The van der Waals surface area contributed by atoms with Gasteiger partial charge in [0.15, 0.2) is 5.58 Å². The van der Waals surface area contributed by atoms with E-state index in [-0.39, 0.29) is 12.4 Å². The molecule has 2 rings (SSSR count). The van der Waals surface area contributed by atoms with Gasteiger partial charge in [-0.1, -0.05) is 12.1 Å². The fourth-order valence-electron chi connectivity index (χ4n) is 1.40. The van der Waals surface area contributed by atoms with Crippen molar-refractivity contribution in [3.05, 3.63) is 30.2 Å². The lowest BCUT2D eigenvalue weighted by Gasteiger charge is -2.04. The van der Waals surface area contributed by atoms with Crippen LogP contribution in [0, 0.1) is 0 Å². The second-order valence-electron chi connectivity index (χ2n) is 3.41. The van der Waals surface area contributed by atoms with E-state index in [2.05, 4.69) is 9.72 Å². The van der Waals surface area contributed by atoms with Gasteiger partial charge in [0.25, 0.3) is 0 Å².